The van der Waals surface area contributed by atoms with E-state index in [9.17, 15) is 8.42 Å². The Bertz CT molecular complexity index is 835. The van der Waals surface area contributed by atoms with E-state index in [1.54, 1.807) is 32.4 Å². The van der Waals surface area contributed by atoms with Gasteiger partial charge in [0.05, 0.1) is 24.7 Å². The molecule has 0 bridgehead atoms. The average Bonchev–Trinajstić information content (AvgIpc) is 2.61. The first-order chi connectivity index (χ1) is 11.5. The van der Waals surface area contributed by atoms with Gasteiger partial charge < -0.3 is 9.47 Å². The molecule has 0 heterocycles. The molecule has 0 radical (unpaired) electrons. The van der Waals surface area contributed by atoms with E-state index in [0.717, 1.165) is 5.56 Å². The molecule has 0 saturated carbocycles. The fourth-order valence-corrected chi connectivity index (χ4v) is 3.40. The van der Waals surface area contributed by atoms with Crippen molar-refractivity contribution < 1.29 is 17.9 Å². The van der Waals surface area contributed by atoms with Crippen LogP contribution in [0.4, 0.5) is 0 Å². The minimum atomic E-state index is -3.74. The Kier molecular flexibility index (Phi) is 5.79. The Balaban J connectivity index is 2.10. The highest BCUT2D eigenvalue weighted by Crippen LogP contribution is 2.22. The number of nitriles is 1. The Morgan fingerprint density at radius 3 is 2.29 bits per heavy atom. The molecule has 0 fully saturated rings. The van der Waals surface area contributed by atoms with E-state index in [-0.39, 0.29) is 17.0 Å². The molecular weight excluding hydrogens is 328 g/mol. The number of benzene rings is 2. The molecular formula is C17H18N2O4S. The molecule has 24 heavy (non-hydrogen) atoms. The number of sulfonamides is 1. The van der Waals surface area contributed by atoms with E-state index in [1.807, 2.05) is 18.2 Å². The van der Waals surface area contributed by atoms with Gasteiger partial charge in [-0.05, 0) is 36.2 Å². The first-order valence-electron chi connectivity index (χ1n) is 7.21. The minimum absolute atomic E-state index is 0.0178. The second-order valence-electron chi connectivity index (χ2n) is 4.98. The molecule has 0 saturated heterocycles. The maximum atomic E-state index is 12.3. The first-order valence-corrected chi connectivity index (χ1v) is 8.69. The summed E-state index contributed by atoms with van der Waals surface area (Å²) >= 11 is 0. The quantitative estimate of drug-likeness (QED) is 0.829. The van der Waals surface area contributed by atoms with Crippen LogP contribution < -0.4 is 14.2 Å². The summed E-state index contributed by atoms with van der Waals surface area (Å²) in [4.78, 5) is -0.0178. The van der Waals surface area contributed by atoms with Crippen molar-refractivity contribution >= 4 is 10.0 Å². The van der Waals surface area contributed by atoms with Crippen molar-refractivity contribution in [3.63, 3.8) is 0 Å². The molecule has 0 spiro atoms. The van der Waals surface area contributed by atoms with Crippen LogP contribution in [0.3, 0.4) is 0 Å². The van der Waals surface area contributed by atoms with Gasteiger partial charge in [-0.3, -0.25) is 0 Å². The van der Waals surface area contributed by atoms with Gasteiger partial charge in [-0.2, -0.15) is 5.26 Å². The fourth-order valence-electron chi connectivity index (χ4n) is 2.21. The molecule has 2 aromatic carbocycles. The van der Waals surface area contributed by atoms with Crippen LogP contribution >= 0.6 is 0 Å². The summed E-state index contributed by atoms with van der Waals surface area (Å²) in [6.45, 7) is 0.193. The van der Waals surface area contributed by atoms with E-state index >= 15 is 0 Å². The summed E-state index contributed by atoms with van der Waals surface area (Å²) in [7, 11) is -0.628. The molecule has 1 N–H and O–H groups in total. The van der Waals surface area contributed by atoms with Crippen molar-refractivity contribution in [1.82, 2.24) is 4.72 Å². The van der Waals surface area contributed by atoms with Crippen LogP contribution in [0.1, 0.15) is 11.1 Å². The molecule has 0 aliphatic rings. The third kappa shape index (κ3) is 4.25. The van der Waals surface area contributed by atoms with Crippen LogP contribution in [-0.2, 0) is 16.4 Å². The number of nitrogens with zero attached hydrogens (tertiary/aromatic N) is 1. The Morgan fingerprint density at radius 2 is 1.71 bits per heavy atom. The van der Waals surface area contributed by atoms with Gasteiger partial charge in [0, 0.05) is 12.6 Å². The third-order valence-corrected chi connectivity index (χ3v) is 4.93. The van der Waals surface area contributed by atoms with Gasteiger partial charge in [-0.1, -0.05) is 12.1 Å². The standard InChI is InChI=1S/C17H18N2O4S/c1-22-15-9-13(10-16(11-15)23-2)7-8-19-24(20,21)17-6-4-3-5-14(17)12-18/h3-6,9-11,19H,7-8H2,1-2H3. The van der Waals surface area contributed by atoms with E-state index in [2.05, 4.69) is 4.72 Å². The molecule has 0 aromatic heterocycles. The Hall–Kier alpha value is -2.56. The average molecular weight is 346 g/mol. The number of ether oxygens (including phenoxy) is 2. The predicted molar refractivity (Wildman–Crippen MR) is 89.6 cm³/mol. The zero-order chi connectivity index (χ0) is 17.6. The summed E-state index contributed by atoms with van der Waals surface area (Å²) in [6, 6.07) is 13.4. The van der Waals surface area contributed by atoms with Crippen molar-refractivity contribution in [3.8, 4) is 17.6 Å². The molecule has 6 nitrogen and oxygen atoms in total. The second kappa shape index (κ2) is 7.81. The van der Waals surface area contributed by atoms with Crippen molar-refractivity contribution in [2.75, 3.05) is 20.8 Å². The number of rotatable bonds is 7. The maximum absolute atomic E-state index is 12.3. The topological polar surface area (TPSA) is 88.4 Å². The highest BCUT2D eigenvalue weighted by molar-refractivity contribution is 7.89. The molecule has 0 aliphatic carbocycles. The van der Waals surface area contributed by atoms with E-state index in [1.165, 1.54) is 12.1 Å². The zero-order valence-electron chi connectivity index (χ0n) is 13.4. The fraction of sp³-hybridized carbons (Fsp3) is 0.235. The van der Waals surface area contributed by atoms with Crippen molar-refractivity contribution in [2.45, 2.75) is 11.3 Å². The van der Waals surface area contributed by atoms with Crippen molar-refractivity contribution in [2.24, 2.45) is 0 Å². The monoisotopic (exact) mass is 346 g/mol. The maximum Gasteiger partial charge on any atom is 0.241 e. The van der Waals surface area contributed by atoms with Crippen LogP contribution in [0.2, 0.25) is 0 Å². The van der Waals surface area contributed by atoms with Crippen molar-refractivity contribution in [3.05, 3.63) is 53.6 Å². The molecule has 0 unspecified atom stereocenters. The number of methoxy groups -OCH3 is 2. The van der Waals surface area contributed by atoms with E-state index < -0.39 is 10.0 Å². The van der Waals surface area contributed by atoms with Crippen LogP contribution in [-0.4, -0.2) is 29.2 Å². The van der Waals surface area contributed by atoms with E-state index in [4.69, 9.17) is 14.7 Å². The molecule has 2 rings (SSSR count). The van der Waals surface area contributed by atoms with Crippen molar-refractivity contribution in [1.29, 1.82) is 5.26 Å². The van der Waals surface area contributed by atoms with Gasteiger partial charge in [0.1, 0.15) is 17.6 Å². The largest absolute Gasteiger partial charge is 0.497 e. The summed E-state index contributed by atoms with van der Waals surface area (Å²) in [6.07, 6.45) is 0.460. The number of nitrogens with one attached hydrogen (secondary N) is 1. The molecule has 0 atom stereocenters. The van der Waals surface area contributed by atoms with Gasteiger partial charge in [0.2, 0.25) is 10.0 Å². The molecule has 0 aliphatic heterocycles. The SMILES string of the molecule is COc1cc(CCNS(=O)(=O)c2ccccc2C#N)cc(OC)c1. The molecule has 126 valence electrons. The highest BCUT2D eigenvalue weighted by Gasteiger charge is 2.17. The minimum Gasteiger partial charge on any atom is -0.497 e. The predicted octanol–water partition coefficient (Wildman–Crippen LogP) is 2.10. The Morgan fingerprint density at radius 1 is 1.08 bits per heavy atom. The lowest BCUT2D eigenvalue weighted by atomic mass is 10.1. The Labute approximate surface area is 141 Å². The number of hydrogen-bond acceptors (Lipinski definition) is 5. The summed E-state index contributed by atoms with van der Waals surface area (Å²) < 4.78 is 37.6. The highest BCUT2D eigenvalue weighted by atomic mass is 32.2. The van der Waals surface area contributed by atoms with Crippen LogP contribution in [0.15, 0.2) is 47.4 Å². The second-order valence-corrected chi connectivity index (χ2v) is 6.71. The molecule has 0 amide bonds. The summed E-state index contributed by atoms with van der Waals surface area (Å²) in [5, 5.41) is 9.03. The lowest BCUT2D eigenvalue weighted by Gasteiger charge is -2.10. The smallest absolute Gasteiger partial charge is 0.241 e. The zero-order valence-corrected chi connectivity index (χ0v) is 14.3. The number of hydrogen-bond donors (Lipinski definition) is 1. The van der Waals surface area contributed by atoms with Gasteiger partial charge in [0.25, 0.3) is 0 Å². The summed E-state index contributed by atoms with van der Waals surface area (Å²) in [5.41, 5.74) is 0.996. The molecule has 7 heteroatoms. The lowest BCUT2D eigenvalue weighted by Crippen LogP contribution is -2.26. The van der Waals surface area contributed by atoms with E-state index in [0.29, 0.717) is 17.9 Å². The van der Waals surface area contributed by atoms with Gasteiger partial charge >= 0.3 is 0 Å². The van der Waals surface area contributed by atoms with Crippen LogP contribution in [0.5, 0.6) is 11.5 Å². The van der Waals surface area contributed by atoms with Crippen LogP contribution in [0.25, 0.3) is 0 Å². The lowest BCUT2D eigenvalue weighted by molar-refractivity contribution is 0.393. The first kappa shape index (κ1) is 17.8. The van der Waals surface area contributed by atoms with Gasteiger partial charge in [-0.25, -0.2) is 13.1 Å². The normalized spacial score (nSPS) is 10.9. The van der Waals surface area contributed by atoms with Gasteiger partial charge in [-0.15, -0.1) is 0 Å². The molecule has 2 aromatic rings. The summed E-state index contributed by atoms with van der Waals surface area (Å²) in [5.74, 6) is 1.28. The third-order valence-electron chi connectivity index (χ3n) is 3.41. The van der Waals surface area contributed by atoms with Crippen LogP contribution in [0, 0.1) is 11.3 Å². The van der Waals surface area contributed by atoms with Gasteiger partial charge in [0.15, 0.2) is 0 Å².